The molecule has 0 spiro atoms. The lowest BCUT2D eigenvalue weighted by atomic mass is 9.67. The van der Waals surface area contributed by atoms with Crippen LogP contribution in [-0.2, 0) is 19.1 Å². The number of carbonyl (C=O) groups is 3. The molecule has 2 aliphatic rings. The van der Waals surface area contributed by atoms with Gasteiger partial charge in [-0.1, -0.05) is 45.7 Å². The van der Waals surface area contributed by atoms with Gasteiger partial charge in [-0.2, -0.15) is 0 Å². The molecule has 6 nitrogen and oxygen atoms in total. The number of aliphatic imine (C=N–C) groups is 1. The number of allylic oxidation sites excluding steroid dienone is 2. The van der Waals surface area contributed by atoms with Crippen LogP contribution in [0.4, 0.5) is 0 Å². The van der Waals surface area contributed by atoms with Crippen LogP contribution in [0.25, 0.3) is 0 Å². The molecule has 6 heteroatoms. The Hall–Kier alpha value is -2.76. The van der Waals surface area contributed by atoms with E-state index >= 15 is 0 Å². The van der Waals surface area contributed by atoms with E-state index in [9.17, 15) is 14.4 Å². The summed E-state index contributed by atoms with van der Waals surface area (Å²) in [4.78, 5) is 42.4. The normalized spacial score (nSPS) is 22.2. The molecule has 0 fully saturated rings. The predicted molar refractivity (Wildman–Crippen MR) is 123 cm³/mol. The minimum absolute atomic E-state index is 0.0327. The molecule has 0 aromatic heterocycles. The van der Waals surface area contributed by atoms with Gasteiger partial charge >= 0.3 is 11.9 Å². The summed E-state index contributed by atoms with van der Waals surface area (Å²) in [5.74, 6) is -1.41. The summed E-state index contributed by atoms with van der Waals surface area (Å²) >= 11 is 0. The summed E-state index contributed by atoms with van der Waals surface area (Å²) in [5.41, 5.74) is 2.70. The number of rotatable bonds is 7. The Morgan fingerprint density at radius 1 is 1.12 bits per heavy atom. The average Bonchev–Trinajstić information content (AvgIpc) is 2.69. The molecule has 1 aromatic carbocycles. The predicted octanol–water partition coefficient (Wildman–Crippen LogP) is 5.16. The molecular weight excluding hydrogens is 406 g/mol. The van der Waals surface area contributed by atoms with E-state index in [0.717, 1.165) is 30.5 Å². The molecule has 0 amide bonds. The number of nitrogens with zero attached hydrogens (tertiary/aromatic N) is 1. The highest BCUT2D eigenvalue weighted by Gasteiger charge is 2.46. The second-order valence-electron chi connectivity index (χ2n) is 9.55. The monoisotopic (exact) mass is 439 g/mol. The third-order valence-electron chi connectivity index (χ3n) is 6.05. The number of esters is 2. The van der Waals surface area contributed by atoms with Gasteiger partial charge in [0.25, 0.3) is 0 Å². The topological polar surface area (TPSA) is 82.0 Å². The highest BCUT2D eigenvalue weighted by Crippen LogP contribution is 2.48. The zero-order chi connectivity index (χ0) is 23.5. The molecule has 1 aliphatic heterocycles. The lowest BCUT2D eigenvalue weighted by Gasteiger charge is -2.39. The molecule has 172 valence electrons. The van der Waals surface area contributed by atoms with Gasteiger partial charge in [0, 0.05) is 36.2 Å². The van der Waals surface area contributed by atoms with Crippen molar-refractivity contribution in [2.24, 2.45) is 16.3 Å². The number of benzene rings is 1. The van der Waals surface area contributed by atoms with Crippen molar-refractivity contribution in [3.05, 3.63) is 41.1 Å². The van der Waals surface area contributed by atoms with Crippen molar-refractivity contribution in [3.63, 3.8) is 0 Å². The summed E-state index contributed by atoms with van der Waals surface area (Å²) in [7, 11) is 0. The van der Waals surface area contributed by atoms with Crippen LogP contribution in [0.2, 0.25) is 0 Å². The molecule has 32 heavy (non-hydrogen) atoms. The van der Waals surface area contributed by atoms with Gasteiger partial charge in [0.2, 0.25) is 0 Å². The molecule has 1 heterocycles. The summed E-state index contributed by atoms with van der Waals surface area (Å²) in [6.07, 6.45) is 3.95. The highest BCUT2D eigenvalue weighted by molar-refractivity contribution is 6.09. The zero-order valence-electron chi connectivity index (χ0n) is 19.7. The third kappa shape index (κ3) is 5.34. The molecule has 0 saturated carbocycles. The standard InChI is InChI=1S/C26H33NO5/c1-6-7-8-13-31-25(30)22-16(2)27-20-14-26(4,5)15-21(29)24(20)23(22)18-9-11-19(12-10-18)32-17(3)28/h9-12,22-23H,6-8,13-15H2,1-5H3/t22?,23-/m1/s1. The summed E-state index contributed by atoms with van der Waals surface area (Å²) in [5, 5.41) is 0. The van der Waals surface area contributed by atoms with E-state index < -0.39 is 17.8 Å². The second-order valence-corrected chi connectivity index (χ2v) is 9.55. The van der Waals surface area contributed by atoms with E-state index in [1.807, 2.05) is 19.1 Å². The van der Waals surface area contributed by atoms with E-state index in [0.29, 0.717) is 36.5 Å². The van der Waals surface area contributed by atoms with E-state index in [-0.39, 0.29) is 17.2 Å². The molecule has 0 N–H and O–H groups in total. The van der Waals surface area contributed by atoms with Gasteiger partial charge in [0.05, 0.1) is 6.61 Å². The number of unbranched alkanes of at least 4 members (excludes halogenated alkanes) is 2. The minimum Gasteiger partial charge on any atom is -0.465 e. The number of ketones is 1. The van der Waals surface area contributed by atoms with Gasteiger partial charge in [-0.3, -0.25) is 19.4 Å². The fourth-order valence-electron chi connectivity index (χ4n) is 4.63. The number of hydrogen-bond acceptors (Lipinski definition) is 6. The van der Waals surface area contributed by atoms with Crippen molar-refractivity contribution in [3.8, 4) is 5.75 Å². The first-order chi connectivity index (χ1) is 15.1. The van der Waals surface area contributed by atoms with Crippen LogP contribution in [0.3, 0.4) is 0 Å². The van der Waals surface area contributed by atoms with Crippen molar-refractivity contribution < 1.29 is 23.9 Å². The van der Waals surface area contributed by atoms with E-state index in [2.05, 4.69) is 20.8 Å². The fourth-order valence-corrected chi connectivity index (χ4v) is 4.63. The summed E-state index contributed by atoms with van der Waals surface area (Å²) in [6.45, 7) is 9.78. The maximum absolute atomic E-state index is 13.3. The molecule has 0 radical (unpaired) electrons. The van der Waals surface area contributed by atoms with Crippen molar-refractivity contribution in [2.75, 3.05) is 6.61 Å². The van der Waals surface area contributed by atoms with Gasteiger partial charge in [-0.25, -0.2) is 0 Å². The zero-order valence-corrected chi connectivity index (χ0v) is 19.7. The lowest BCUT2D eigenvalue weighted by molar-refractivity contribution is -0.146. The molecule has 0 saturated heterocycles. The van der Waals surface area contributed by atoms with E-state index in [1.165, 1.54) is 6.92 Å². The number of carbonyl (C=O) groups excluding carboxylic acids is 3. The van der Waals surface area contributed by atoms with Crippen LogP contribution < -0.4 is 4.74 Å². The lowest BCUT2D eigenvalue weighted by Crippen LogP contribution is -2.39. The number of hydrogen-bond donors (Lipinski definition) is 0. The first-order valence-corrected chi connectivity index (χ1v) is 11.4. The van der Waals surface area contributed by atoms with E-state index in [4.69, 9.17) is 14.5 Å². The molecule has 1 aromatic rings. The Morgan fingerprint density at radius 3 is 2.44 bits per heavy atom. The van der Waals surface area contributed by atoms with Crippen LogP contribution >= 0.6 is 0 Å². The van der Waals surface area contributed by atoms with Gasteiger partial charge in [0.1, 0.15) is 11.7 Å². The maximum atomic E-state index is 13.3. The van der Waals surface area contributed by atoms with Gasteiger partial charge < -0.3 is 9.47 Å². The first kappa shape index (κ1) is 23.9. The van der Waals surface area contributed by atoms with Crippen LogP contribution in [0.5, 0.6) is 5.75 Å². The Kier molecular flexibility index (Phi) is 7.32. The molecule has 1 aliphatic carbocycles. The SMILES string of the molecule is CCCCCOC(=O)C1C(C)=NC2=C(C(=O)CC(C)(C)C2)[C@@H]1c1ccc(OC(C)=O)cc1. The highest BCUT2D eigenvalue weighted by atomic mass is 16.5. The van der Waals surface area contributed by atoms with Crippen molar-refractivity contribution in [1.82, 2.24) is 0 Å². The van der Waals surface area contributed by atoms with Gasteiger partial charge in [-0.05, 0) is 42.9 Å². The van der Waals surface area contributed by atoms with Crippen LogP contribution in [0, 0.1) is 11.3 Å². The van der Waals surface area contributed by atoms with E-state index in [1.54, 1.807) is 12.1 Å². The quantitative estimate of drug-likeness (QED) is 0.333. The molecule has 1 unspecified atom stereocenters. The van der Waals surface area contributed by atoms with Crippen molar-refractivity contribution in [2.45, 2.75) is 72.6 Å². The molecule has 3 rings (SSSR count). The van der Waals surface area contributed by atoms with Crippen LogP contribution in [0.1, 0.15) is 78.2 Å². The Bertz CT molecular complexity index is 955. The van der Waals surface area contributed by atoms with Crippen molar-refractivity contribution in [1.29, 1.82) is 0 Å². The fraction of sp³-hybridized carbons (Fsp3) is 0.538. The summed E-state index contributed by atoms with van der Waals surface area (Å²) in [6, 6.07) is 7.02. The Morgan fingerprint density at radius 2 is 1.81 bits per heavy atom. The minimum atomic E-state index is -0.653. The Balaban J connectivity index is 2.00. The van der Waals surface area contributed by atoms with Crippen molar-refractivity contribution >= 4 is 23.4 Å². The first-order valence-electron chi connectivity index (χ1n) is 11.4. The molecule has 2 atom stereocenters. The van der Waals surface area contributed by atoms with Gasteiger partial charge in [0.15, 0.2) is 5.78 Å². The third-order valence-corrected chi connectivity index (χ3v) is 6.05. The van der Waals surface area contributed by atoms with Gasteiger partial charge in [-0.15, -0.1) is 0 Å². The molecular formula is C26H33NO5. The Labute approximate surface area is 190 Å². The van der Waals surface area contributed by atoms with Crippen LogP contribution in [-0.4, -0.2) is 30.0 Å². The average molecular weight is 440 g/mol. The maximum Gasteiger partial charge on any atom is 0.315 e. The number of Topliss-reactive ketones (excluding diaryl/α,β-unsaturated/α-hetero) is 1. The number of ether oxygens (including phenoxy) is 2. The second kappa shape index (κ2) is 9.80. The molecule has 0 bridgehead atoms. The van der Waals surface area contributed by atoms with Crippen LogP contribution in [0.15, 0.2) is 40.5 Å². The largest absolute Gasteiger partial charge is 0.465 e. The summed E-state index contributed by atoms with van der Waals surface area (Å²) < 4.78 is 10.8. The smallest absolute Gasteiger partial charge is 0.315 e.